The van der Waals surface area contributed by atoms with Crippen LogP contribution in [0.25, 0.3) is 0 Å². The van der Waals surface area contributed by atoms with Crippen molar-refractivity contribution in [3.63, 3.8) is 0 Å². The zero-order valence-corrected chi connectivity index (χ0v) is 16.0. The lowest BCUT2D eigenvalue weighted by Gasteiger charge is -2.22. The Morgan fingerprint density at radius 3 is 2.07 bits per heavy atom. The number of alkyl halides is 3. The Labute approximate surface area is 169 Å². The van der Waals surface area contributed by atoms with Gasteiger partial charge < -0.3 is 15.4 Å². The largest absolute Gasteiger partial charge is 0.573 e. The first-order chi connectivity index (χ1) is 14.0. The van der Waals surface area contributed by atoms with Crippen molar-refractivity contribution in [1.29, 1.82) is 0 Å². The van der Waals surface area contributed by atoms with Gasteiger partial charge in [0.1, 0.15) is 29.0 Å². The average Bonchev–Trinajstić information content (AvgIpc) is 2.63. The number of carbonyl (C=O) groups is 2. The molecule has 0 radical (unpaired) electrons. The SMILES string of the molecule is CC(C)[C@H](NC(=O)c1c(F)cccc1F)C(=O)NCc1ccc(OC(F)(F)F)cc1. The van der Waals surface area contributed by atoms with Gasteiger partial charge in [0.05, 0.1) is 0 Å². The van der Waals surface area contributed by atoms with Gasteiger partial charge in [0, 0.05) is 6.54 Å². The first kappa shape index (κ1) is 23.1. The Morgan fingerprint density at radius 2 is 1.57 bits per heavy atom. The van der Waals surface area contributed by atoms with Crippen molar-refractivity contribution in [2.24, 2.45) is 5.92 Å². The van der Waals surface area contributed by atoms with Crippen molar-refractivity contribution in [1.82, 2.24) is 10.6 Å². The van der Waals surface area contributed by atoms with Crippen molar-refractivity contribution < 1.29 is 36.3 Å². The van der Waals surface area contributed by atoms with Crippen LogP contribution >= 0.6 is 0 Å². The monoisotopic (exact) mass is 430 g/mol. The molecule has 0 heterocycles. The van der Waals surface area contributed by atoms with Gasteiger partial charge >= 0.3 is 6.36 Å². The second-order valence-electron chi connectivity index (χ2n) is 6.70. The van der Waals surface area contributed by atoms with Gasteiger partial charge in [-0.05, 0) is 35.7 Å². The molecular formula is C20H19F5N2O3. The summed E-state index contributed by atoms with van der Waals surface area (Å²) in [4.78, 5) is 24.7. The third-order valence-electron chi connectivity index (χ3n) is 4.05. The van der Waals surface area contributed by atoms with E-state index in [9.17, 15) is 31.5 Å². The van der Waals surface area contributed by atoms with Gasteiger partial charge in [-0.25, -0.2) is 8.78 Å². The number of hydrogen-bond acceptors (Lipinski definition) is 3. The molecule has 0 saturated heterocycles. The van der Waals surface area contributed by atoms with Gasteiger partial charge in [0.2, 0.25) is 5.91 Å². The van der Waals surface area contributed by atoms with Crippen LogP contribution in [0.1, 0.15) is 29.8 Å². The molecular weight excluding hydrogens is 411 g/mol. The van der Waals surface area contributed by atoms with Crippen LogP contribution in [0.5, 0.6) is 5.75 Å². The Morgan fingerprint density at radius 1 is 1.00 bits per heavy atom. The number of rotatable bonds is 7. The Bertz CT molecular complexity index is 878. The minimum Gasteiger partial charge on any atom is -0.406 e. The van der Waals surface area contributed by atoms with Gasteiger partial charge in [0.25, 0.3) is 5.91 Å². The van der Waals surface area contributed by atoms with Crippen LogP contribution < -0.4 is 15.4 Å². The summed E-state index contributed by atoms with van der Waals surface area (Å²) >= 11 is 0. The number of nitrogens with one attached hydrogen (secondary N) is 2. The highest BCUT2D eigenvalue weighted by Gasteiger charge is 2.31. The van der Waals surface area contributed by atoms with Crippen LogP contribution in [0, 0.1) is 17.6 Å². The molecule has 2 amide bonds. The van der Waals surface area contributed by atoms with Crippen LogP contribution in [-0.4, -0.2) is 24.2 Å². The van der Waals surface area contributed by atoms with E-state index in [1.165, 1.54) is 12.1 Å². The van der Waals surface area contributed by atoms with E-state index in [1.807, 2.05) is 0 Å². The van der Waals surface area contributed by atoms with Gasteiger partial charge in [-0.1, -0.05) is 32.0 Å². The fraction of sp³-hybridized carbons (Fsp3) is 0.300. The van der Waals surface area contributed by atoms with Crippen molar-refractivity contribution in [2.45, 2.75) is 32.8 Å². The molecule has 2 aromatic carbocycles. The van der Waals surface area contributed by atoms with Gasteiger partial charge in [-0.15, -0.1) is 13.2 Å². The second kappa shape index (κ2) is 9.55. The standard InChI is InChI=1S/C20H19F5N2O3/c1-11(2)17(27-18(28)16-14(21)4-3-5-15(16)22)19(29)26-10-12-6-8-13(9-7-12)30-20(23,24)25/h3-9,11,17H,10H2,1-2H3,(H,26,29)(H,27,28)/t17-/m0/s1. The van der Waals surface area contributed by atoms with E-state index < -0.39 is 53.1 Å². The highest BCUT2D eigenvalue weighted by atomic mass is 19.4. The van der Waals surface area contributed by atoms with Gasteiger partial charge in [0.15, 0.2) is 0 Å². The number of ether oxygens (including phenoxy) is 1. The molecule has 10 heteroatoms. The van der Waals surface area contributed by atoms with Crippen LogP contribution in [0.3, 0.4) is 0 Å². The molecule has 5 nitrogen and oxygen atoms in total. The average molecular weight is 430 g/mol. The maximum absolute atomic E-state index is 13.8. The molecule has 0 aliphatic rings. The molecule has 2 N–H and O–H groups in total. The first-order valence-corrected chi connectivity index (χ1v) is 8.85. The first-order valence-electron chi connectivity index (χ1n) is 8.85. The number of benzene rings is 2. The summed E-state index contributed by atoms with van der Waals surface area (Å²) in [6.07, 6.45) is -4.81. The van der Waals surface area contributed by atoms with E-state index in [4.69, 9.17) is 0 Å². The Balaban J connectivity index is 2.01. The highest BCUT2D eigenvalue weighted by Crippen LogP contribution is 2.22. The Kier molecular flexibility index (Phi) is 7.36. The molecule has 0 aliphatic carbocycles. The summed E-state index contributed by atoms with van der Waals surface area (Å²) in [5.74, 6) is -4.63. The maximum atomic E-state index is 13.8. The molecule has 1 atom stereocenters. The molecule has 2 rings (SSSR count). The highest BCUT2D eigenvalue weighted by molar-refractivity contribution is 5.98. The zero-order valence-electron chi connectivity index (χ0n) is 16.0. The second-order valence-corrected chi connectivity index (χ2v) is 6.70. The molecule has 0 spiro atoms. The van der Waals surface area contributed by atoms with E-state index in [-0.39, 0.29) is 6.54 Å². The predicted molar refractivity (Wildman–Crippen MR) is 97.4 cm³/mol. The van der Waals surface area contributed by atoms with Crippen molar-refractivity contribution in [2.75, 3.05) is 0 Å². The molecule has 0 bridgehead atoms. The topological polar surface area (TPSA) is 67.4 Å². The molecule has 0 aliphatic heterocycles. The Hall–Kier alpha value is -3.17. The summed E-state index contributed by atoms with van der Waals surface area (Å²) in [6, 6.07) is 6.72. The smallest absolute Gasteiger partial charge is 0.406 e. The van der Waals surface area contributed by atoms with Crippen LogP contribution in [0.4, 0.5) is 22.0 Å². The minimum absolute atomic E-state index is 0.0434. The summed E-state index contributed by atoms with van der Waals surface area (Å²) < 4.78 is 67.8. The fourth-order valence-electron chi connectivity index (χ4n) is 2.57. The molecule has 0 aromatic heterocycles. The summed E-state index contributed by atoms with van der Waals surface area (Å²) in [5, 5.41) is 4.84. The molecule has 162 valence electrons. The fourth-order valence-corrected chi connectivity index (χ4v) is 2.57. The number of halogens is 5. The number of amides is 2. The molecule has 2 aromatic rings. The maximum Gasteiger partial charge on any atom is 0.573 e. The molecule has 30 heavy (non-hydrogen) atoms. The van der Waals surface area contributed by atoms with E-state index in [0.29, 0.717) is 5.56 Å². The third-order valence-corrected chi connectivity index (χ3v) is 4.05. The quantitative estimate of drug-likeness (QED) is 0.654. The van der Waals surface area contributed by atoms with Crippen LogP contribution in [0.2, 0.25) is 0 Å². The summed E-state index contributed by atoms with van der Waals surface area (Å²) in [7, 11) is 0. The lowest BCUT2D eigenvalue weighted by molar-refractivity contribution is -0.274. The van der Waals surface area contributed by atoms with E-state index in [2.05, 4.69) is 15.4 Å². The van der Waals surface area contributed by atoms with E-state index in [0.717, 1.165) is 30.3 Å². The van der Waals surface area contributed by atoms with Crippen LogP contribution in [-0.2, 0) is 11.3 Å². The van der Waals surface area contributed by atoms with Crippen molar-refractivity contribution in [3.05, 3.63) is 65.2 Å². The van der Waals surface area contributed by atoms with Gasteiger partial charge in [-0.3, -0.25) is 9.59 Å². The predicted octanol–water partition coefficient (Wildman–Crippen LogP) is 3.93. The molecule has 0 saturated carbocycles. The van der Waals surface area contributed by atoms with E-state index in [1.54, 1.807) is 13.8 Å². The van der Waals surface area contributed by atoms with Crippen LogP contribution in [0.15, 0.2) is 42.5 Å². The van der Waals surface area contributed by atoms with Crippen molar-refractivity contribution in [3.8, 4) is 5.75 Å². The number of carbonyl (C=O) groups excluding carboxylic acids is 2. The molecule has 0 fully saturated rings. The summed E-state index contributed by atoms with van der Waals surface area (Å²) in [5.41, 5.74) is -0.317. The lowest BCUT2D eigenvalue weighted by Crippen LogP contribution is -2.49. The lowest BCUT2D eigenvalue weighted by atomic mass is 10.0. The van der Waals surface area contributed by atoms with Crippen molar-refractivity contribution >= 4 is 11.8 Å². The zero-order chi connectivity index (χ0) is 22.5. The third kappa shape index (κ3) is 6.43. The summed E-state index contributed by atoms with van der Waals surface area (Å²) in [6.45, 7) is 3.22. The minimum atomic E-state index is -4.81. The number of hydrogen-bond donors (Lipinski definition) is 2. The van der Waals surface area contributed by atoms with Gasteiger partial charge in [-0.2, -0.15) is 0 Å². The molecule has 0 unspecified atom stereocenters. The normalized spacial score (nSPS) is 12.4. The van der Waals surface area contributed by atoms with E-state index >= 15 is 0 Å².